The molecule has 1 heterocycles. The molecule has 5 heteroatoms. The van der Waals surface area contributed by atoms with Crippen LogP contribution >= 0.6 is 23.8 Å². The third-order valence-corrected chi connectivity index (χ3v) is 3.85. The van der Waals surface area contributed by atoms with Crippen LogP contribution in [0.4, 0.5) is 5.69 Å². The maximum Gasteiger partial charge on any atom is 0.106 e. The molecule has 0 aromatic heterocycles. The molecule has 1 aromatic rings. The fourth-order valence-electron chi connectivity index (χ4n) is 2.41. The van der Waals surface area contributed by atoms with Crippen LogP contribution in [0.5, 0.6) is 0 Å². The second-order valence-corrected chi connectivity index (χ2v) is 5.58. The van der Waals surface area contributed by atoms with Crippen molar-refractivity contribution < 1.29 is 4.74 Å². The van der Waals surface area contributed by atoms with E-state index in [0.717, 1.165) is 43.8 Å². The molecule has 0 aliphatic carbocycles. The zero-order chi connectivity index (χ0) is 13.8. The lowest BCUT2D eigenvalue weighted by atomic mass is 10.1. The Morgan fingerprint density at radius 3 is 2.95 bits per heavy atom. The molecule has 2 N–H and O–H groups in total. The van der Waals surface area contributed by atoms with Crippen LogP contribution in [0.15, 0.2) is 18.2 Å². The highest BCUT2D eigenvalue weighted by atomic mass is 35.5. The minimum Gasteiger partial charge on any atom is -0.389 e. The summed E-state index contributed by atoms with van der Waals surface area (Å²) < 4.78 is 5.70. The number of thiocarbonyl (C=S) groups is 1. The van der Waals surface area contributed by atoms with Crippen molar-refractivity contribution in [2.24, 2.45) is 5.73 Å². The van der Waals surface area contributed by atoms with E-state index < -0.39 is 0 Å². The zero-order valence-corrected chi connectivity index (χ0v) is 12.6. The van der Waals surface area contributed by atoms with E-state index in [2.05, 4.69) is 11.8 Å². The molecule has 1 aliphatic heterocycles. The summed E-state index contributed by atoms with van der Waals surface area (Å²) in [6, 6.07) is 5.63. The second-order valence-electron chi connectivity index (χ2n) is 4.70. The van der Waals surface area contributed by atoms with Gasteiger partial charge in [-0.15, -0.1) is 0 Å². The van der Waals surface area contributed by atoms with Crippen molar-refractivity contribution in [3.8, 4) is 0 Å². The molecule has 1 saturated heterocycles. The molecule has 0 bridgehead atoms. The maximum absolute atomic E-state index is 6.10. The molecule has 0 spiro atoms. The zero-order valence-electron chi connectivity index (χ0n) is 11.1. The number of nitrogens with two attached hydrogens (primary N) is 1. The van der Waals surface area contributed by atoms with Crippen molar-refractivity contribution in [1.29, 1.82) is 0 Å². The molecule has 1 aromatic carbocycles. The highest BCUT2D eigenvalue weighted by molar-refractivity contribution is 7.80. The van der Waals surface area contributed by atoms with Gasteiger partial charge in [0, 0.05) is 36.0 Å². The highest BCUT2D eigenvalue weighted by Gasteiger charge is 2.20. The Morgan fingerprint density at radius 2 is 2.37 bits per heavy atom. The second kappa shape index (κ2) is 6.55. The molecule has 0 saturated carbocycles. The van der Waals surface area contributed by atoms with Gasteiger partial charge in [-0.1, -0.05) is 23.8 Å². The smallest absolute Gasteiger partial charge is 0.106 e. The van der Waals surface area contributed by atoms with Crippen LogP contribution in [-0.2, 0) is 4.74 Å². The fourth-order valence-corrected chi connectivity index (χ4v) is 2.75. The number of rotatable bonds is 5. The summed E-state index contributed by atoms with van der Waals surface area (Å²) in [6.07, 6.45) is 2.54. The lowest BCUT2D eigenvalue weighted by Crippen LogP contribution is -2.33. The summed E-state index contributed by atoms with van der Waals surface area (Å²) in [5, 5.41) is 0.695. The first-order chi connectivity index (χ1) is 9.11. The average Bonchev–Trinajstić information content (AvgIpc) is 2.88. The first-order valence-corrected chi connectivity index (χ1v) is 7.36. The van der Waals surface area contributed by atoms with Gasteiger partial charge in [0.25, 0.3) is 0 Å². The van der Waals surface area contributed by atoms with Gasteiger partial charge in [0.1, 0.15) is 4.99 Å². The van der Waals surface area contributed by atoms with E-state index in [9.17, 15) is 0 Å². The highest BCUT2D eigenvalue weighted by Crippen LogP contribution is 2.26. The molecular formula is C14H19ClN2OS. The Bertz CT molecular complexity index is 461. The van der Waals surface area contributed by atoms with E-state index in [1.165, 1.54) is 0 Å². The van der Waals surface area contributed by atoms with E-state index in [4.69, 9.17) is 34.3 Å². The van der Waals surface area contributed by atoms with Crippen molar-refractivity contribution >= 4 is 34.5 Å². The van der Waals surface area contributed by atoms with E-state index >= 15 is 0 Å². The molecule has 1 fully saturated rings. The van der Waals surface area contributed by atoms with Crippen molar-refractivity contribution in [1.82, 2.24) is 0 Å². The lowest BCUT2D eigenvalue weighted by Gasteiger charge is -2.28. The van der Waals surface area contributed by atoms with E-state index in [0.29, 0.717) is 10.0 Å². The van der Waals surface area contributed by atoms with Crippen LogP contribution in [0.25, 0.3) is 0 Å². The number of hydrogen-bond donors (Lipinski definition) is 1. The first-order valence-electron chi connectivity index (χ1n) is 6.57. The number of ether oxygens (including phenoxy) is 1. The minimum absolute atomic E-state index is 0.290. The summed E-state index contributed by atoms with van der Waals surface area (Å²) >= 11 is 11.2. The fraction of sp³-hybridized carbons (Fsp3) is 0.500. The van der Waals surface area contributed by atoms with Crippen LogP contribution in [0.2, 0.25) is 5.02 Å². The van der Waals surface area contributed by atoms with Crippen molar-refractivity contribution in [2.45, 2.75) is 25.9 Å². The molecule has 3 nitrogen and oxygen atoms in total. The topological polar surface area (TPSA) is 38.5 Å². The van der Waals surface area contributed by atoms with Crippen molar-refractivity contribution in [3.05, 3.63) is 28.8 Å². The van der Waals surface area contributed by atoms with Crippen molar-refractivity contribution in [2.75, 3.05) is 24.6 Å². The third kappa shape index (κ3) is 3.59. The van der Waals surface area contributed by atoms with E-state index in [-0.39, 0.29) is 6.10 Å². The van der Waals surface area contributed by atoms with Gasteiger partial charge in [0.15, 0.2) is 0 Å². The molecular weight excluding hydrogens is 280 g/mol. The van der Waals surface area contributed by atoms with Crippen molar-refractivity contribution in [3.63, 3.8) is 0 Å². The SMILES string of the molecule is CCN(CC1CCCO1)c1cc(Cl)ccc1C(N)=S. The quantitative estimate of drug-likeness (QED) is 0.848. The predicted octanol–water partition coefficient (Wildman–Crippen LogP) is 2.98. The van der Waals surface area contributed by atoms with Gasteiger partial charge >= 0.3 is 0 Å². The van der Waals surface area contributed by atoms with Gasteiger partial charge in [-0.05, 0) is 38.0 Å². The Morgan fingerprint density at radius 1 is 1.58 bits per heavy atom. The van der Waals surface area contributed by atoms with Crippen LogP contribution in [-0.4, -0.2) is 30.8 Å². The number of hydrogen-bond acceptors (Lipinski definition) is 3. The first kappa shape index (κ1) is 14.6. The maximum atomic E-state index is 6.10. The number of halogens is 1. The summed E-state index contributed by atoms with van der Waals surface area (Å²) in [6.45, 7) is 4.70. The summed E-state index contributed by atoms with van der Waals surface area (Å²) in [4.78, 5) is 2.63. The van der Waals surface area contributed by atoms with Gasteiger partial charge in [0.2, 0.25) is 0 Å². The van der Waals surface area contributed by atoms with Crippen LogP contribution < -0.4 is 10.6 Å². The lowest BCUT2D eigenvalue weighted by molar-refractivity contribution is 0.115. The van der Waals surface area contributed by atoms with Gasteiger partial charge < -0.3 is 15.4 Å². The predicted molar refractivity (Wildman–Crippen MR) is 84.2 cm³/mol. The number of nitrogens with zero attached hydrogens (tertiary/aromatic N) is 1. The summed E-state index contributed by atoms with van der Waals surface area (Å²) in [5.41, 5.74) is 7.67. The molecule has 104 valence electrons. The number of anilines is 1. The Kier molecular flexibility index (Phi) is 5.02. The van der Waals surface area contributed by atoms with Crippen LogP contribution in [0, 0.1) is 0 Å². The third-order valence-electron chi connectivity index (χ3n) is 3.40. The molecule has 1 atom stereocenters. The molecule has 19 heavy (non-hydrogen) atoms. The largest absolute Gasteiger partial charge is 0.389 e. The van der Waals surface area contributed by atoms with E-state index in [1.54, 1.807) is 0 Å². The van der Waals surface area contributed by atoms with Crippen LogP contribution in [0.3, 0.4) is 0 Å². The molecule has 1 unspecified atom stereocenters. The Balaban J connectivity index is 2.25. The minimum atomic E-state index is 0.290. The monoisotopic (exact) mass is 298 g/mol. The van der Waals surface area contributed by atoms with Crippen LogP contribution in [0.1, 0.15) is 25.3 Å². The Labute approximate surface area is 124 Å². The average molecular weight is 299 g/mol. The normalized spacial score (nSPS) is 18.5. The molecule has 1 aliphatic rings. The summed E-state index contributed by atoms with van der Waals surface area (Å²) in [5.74, 6) is 0. The number of benzene rings is 1. The van der Waals surface area contributed by atoms with Gasteiger partial charge in [-0.25, -0.2) is 0 Å². The molecule has 2 rings (SSSR count). The van der Waals surface area contributed by atoms with Gasteiger partial charge in [-0.3, -0.25) is 0 Å². The van der Waals surface area contributed by atoms with Gasteiger partial charge in [0.05, 0.1) is 6.10 Å². The standard InChI is InChI=1S/C14H19ClN2OS/c1-2-17(9-11-4-3-7-18-11)13-8-10(15)5-6-12(13)14(16)19/h5-6,8,11H,2-4,7,9H2,1H3,(H2,16,19). The van der Waals surface area contributed by atoms with Gasteiger partial charge in [-0.2, -0.15) is 0 Å². The number of likely N-dealkylation sites (N-methyl/N-ethyl adjacent to an activating group) is 1. The molecule has 0 radical (unpaired) electrons. The summed E-state index contributed by atoms with van der Waals surface area (Å²) in [7, 11) is 0. The van der Waals surface area contributed by atoms with E-state index in [1.807, 2.05) is 18.2 Å². The molecule has 0 amide bonds. The Hall–Kier alpha value is -0.840.